The third-order valence-corrected chi connectivity index (χ3v) is 5.25. The lowest BCUT2D eigenvalue weighted by Crippen LogP contribution is -2.19. The van der Waals surface area contributed by atoms with Crippen LogP contribution in [0.2, 0.25) is 5.02 Å². The number of H-pyrrole nitrogens is 1. The van der Waals surface area contributed by atoms with Gasteiger partial charge in [0.25, 0.3) is 5.56 Å². The number of rotatable bonds is 5. The zero-order chi connectivity index (χ0) is 21.3. The summed E-state index contributed by atoms with van der Waals surface area (Å²) in [5, 5.41) is 4.52. The zero-order valence-corrected chi connectivity index (χ0v) is 17.5. The smallest absolute Gasteiger partial charge is 0.256 e. The van der Waals surface area contributed by atoms with Gasteiger partial charge >= 0.3 is 0 Å². The van der Waals surface area contributed by atoms with Crippen molar-refractivity contribution in [3.63, 3.8) is 0 Å². The third-order valence-electron chi connectivity index (χ3n) is 4.88. The summed E-state index contributed by atoms with van der Waals surface area (Å²) < 4.78 is 5.41. The highest BCUT2D eigenvalue weighted by Gasteiger charge is 2.13. The lowest BCUT2D eigenvalue weighted by molar-refractivity contribution is 0.419. The Bertz CT molecular complexity index is 1300. The zero-order valence-electron chi connectivity index (χ0n) is 16.8. The highest BCUT2D eigenvalue weighted by Crippen LogP contribution is 2.26. The van der Waals surface area contributed by atoms with Crippen LogP contribution in [0.5, 0.6) is 5.75 Å². The van der Waals surface area contributed by atoms with Crippen LogP contribution in [-0.4, -0.2) is 27.0 Å². The molecule has 0 spiro atoms. The molecule has 152 valence electrons. The van der Waals surface area contributed by atoms with Crippen molar-refractivity contribution in [1.29, 1.82) is 0 Å². The second-order valence-electron chi connectivity index (χ2n) is 6.86. The molecule has 0 fully saturated rings. The van der Waals surface area contributed by atoms with Crippen molar-refractivity contribution in [3.8, 4) is 5.75 Å². The van der Waals surface area contributed by atoms with Crippen LogP contribution >= 0.6 is 11.6 Å². The van der Waals surface area contributed by atoms with Crippen molar-refractivity contribution < 1.29 is 4.74 Å². The highest BCUT2D eigenvalue weighted by molar-refractivity contribution is 6.31. The number of ether oxygens (including phenoxy) is 1. The van der Waals surface area contributed by atoms with Gasteiger partial charge in [-0.15, -0.1) is 0 Å². The van der Waals surface area contributed by atoms with E-state index in [2.05, 4.69) is 25.3 Å². The Balaban J connectivity index is 1.68. The van der Waals surface area contributed by atoms with E-state index >= 15 is 0 Å². The van der Waals surface area contributed by atoms with Gasteiger partial charge in [-0.05, 0) is 31.5 Å². The summed E-state index contributed by atoms with van der Waals surface area (Å²) in [5.74, 6) is 1.24. The molecule has 8 heteroatoms. The molecular weight excluding hydrogens is 402 g/mol. The monoisotopic (exact) mass is 421 g/mol. The molecule has 2 N–H and O–H groups in total. The van der Waals surface area contributed by atoms with Crippen LogP contribution in [0.15, 0.2) is 47.3 Å². The van der Waals surface area contributed by atoms with Gasteiger partial charge in [-0.25, -0.2) is 15.0 Å². The van der Waals surface area contributed by atoms with E-state index in [4.69, 9.17) is 16.3 Å². The van der Waals surface area contributed by atoms with Gasteiger partial charge in [0.15, 0.2) is 0 Å². The van der Waals surface area contributed by atoms with E-state index < -0.39 is 0 Å². The van der Waals surface area contributed by atoms with Gasteiger partial charge in [0, 0.05) is 22.4 Å². The summed E-state index contributed by atoms with van der Waals surface area (Å²) >= 11 is 6.23. The molecule has 2 heterocycles. The summed E-state index contributed by atoms with van der Waals surface area (Å²) in [6.07, 6.45) is 0.400. The normalized spacial score (nSPS) is 10.9. The Morgan fingerprint density at radius 3 is 2.57 bits per heavy atom. The predicted octanol–water partition coefficient (Wildman–Crippen LogP) is 4.33. The molecule has 2 aromatic heterocycles. The van der Waals surface area contributed by atoms with Crippen LogP contribution in [0.4, 0.5) is 11.9 Å². The Hall–Kier alpha value is -3.45. The average molecular weight is 422 g/mol. The first-order valence-corrected chi connectivity index (χ1v) is 9.75. The van der Waals surface area contributed by atoms with Gasteiger partial charge in [-0.2, -0.15) is 0 Å². The summed E-state index contributed by atoms with van der Waals surface area (Å²) in [5.41, 5.74) is 3.28. The minimum absolute atomic E-state index is 0.236. The number of methoxy groups -OCH3 is 1. The second-order valence-corrected chi connectivity index (χ2v) is 7.27. The number of halogens is 1. The fourth-order valence-electron chi connectivity index (χ4n) is 3.32. The Morgan fingerprint density at radius 2 is 1.83 bits per heavy atom. The minimum atomic E-state index is -0.236. The number of aromatic nitrogens is 4. The van der Waals surface area contributed by atoms with E-state index in [-0.39, 0.29) is 11.5 Å². The van der Waals surface area contributed by atoms with Gasteiger partial charge in [-0.1, -0.05) is 41.9 Å². The molecule has 30 heavy (non-hydrogen) atoms. The summed E-state index contributed by atoms with van der Waals surface area (Å²) in [4.78, 5) is 29.0. The number of nitrogens with one attached hydrogen (secondary N) is 2. The van der Waals surface area contributed by atoms with Crippen LogP contribution in [0.3, 0.4) is 0 Å². The molecule has 0 unspecified atom stereocenters. The number of benzene rings is 2. The van der Waals surface area contributed by atoms with Gasteiger partial charge in [-0.3, -0.25) is 15.1 Å². The summed E-state index contributed by atoms with van der Waals surface area (Å²) in [6, 6.07) is 13.1. The van der Waals surface area contributed by atoms with Crippen molar-refractivity contribution in [2.45, 2.75) is 20.3 Å². The number of aromatic amines is 1. The first-order chi connectivity index (χ1) is 14.5. The molecule has 0 radical (unpaired) electrons. The average Bonchev–Trinajstić information content (AvgIpc) is 2.71. The maximum Gasteiger partial charge on any atom is 0.256 e. The lowest BCUT2D eigenvalue weighted by Gasteiger charge is -2.11. The van der Waals surface area contributed by atoms with Crippen LogP contribution in [0.25, 0.3) is 10.9 Å². The fourth-order valence-corrected chi connectivity index (χ4v) is 3.52. The maximum absolute atomic E-state index is 12.7. The fraction of sp³-hybridized carbons (Fsp3) is 0.182. The molecule has 7 nitrogen and oxygen atoms in total. The van der Waals surface area contributed by atoms with Crippen molar-refractivity contribution in [2.24, 2.45) is 0 Å². The van der Waals surface area contributed by atoms with Crippen LogP contribution in [-0.2, 0) is 6.42 Å². The molecule has 0 saturated heterocycles. The SMILES string of the molecule is COc1cccc2c(C)nc(Nc3nc(C)c(Cc4ccccc4Cl)c(=O)[nH]3)nc12. The third kappa shape index (κ3) is 3.84. The van der Waals surface area contributed by atoms with Crippen molar-refractivity contribution >= 4 is 34.4 Å². The van der Waals surface area contributed by atoms with Crippen LogP contribution in [0, 0.1) is 13.8 Å². The van der Waals surface area contributed by atoms with Gasteiger partial charge < -0.3 is 4.74 Å². The predicted molar refractivity (Wildman–Crippen MR) is 118 cm³/mol. The maximum atomic E-state index is 12.7. The largest absolute Gasteiger partial charge is 0.494 e. The van der Waals surface area contributed by atoms with Gasteiger partial charge in [0.1, 0.15) is 11.3 Å². The number of anilines is 2. The molecule has 2 aromatic carbocycles. The van der Waals surface area contributed by atoms with Crippen molar-refractivity contribution in [2.75, 3.05) is 12.4 Å². The standard InChI is InChI=1S/C22H20ClN5O2/c1-12-15-8-6-10-18(30-3)19(15)26-21(24-12)28-22-25-13(2)16(20(29)27-22)11-14-7-4-5-9-17(14)23/h4-10H,11H2,1-3H3,(H2,24,25,26,27,28,29). The molecule has 0 aliphatic rings. The van der Waals surface area contributed by atoms with Gasteiger partial charge in [0.2, 0.25) is 11.9 Å². The molecule has 0 saturated carbocycles. The van der Waals surface area contributed by atoms with Crippen LogP contribution in [0.1, 0.15) is 22.5 Å². The molecule has 0 bridgehead atoms. The lowest BCUT2D eigenvalue weighted by atomic mass is 10.1. The molecule has 0 atom stereocenters. The van der Waals surface area contributed by atoms with E-state index in [1.54, 1.807) is 20.1 Å². The quantitative estimate of drug-likeness (QED) is 0.498. The highest BCUT2D eigenvalue weighted by atomic mass is 35.5. The first-order valence-electron chi connectivity index (χ1n) is 9.38. The van der Waals surface area contributed by atoms with Crippen molar-refractivity contribution in [3.05, 3.63) is 80.4 Å². The summed E-state index contributed by atoms with van der Waals surface area (Å²) in [6.45, 7) is 3.69. The number of hydrogen-bond acceptors (Lipinski definition) is 6. The Labute approximate surface area is 178 Å². The molecule has 0 aliphatic heterocycles. The summed E-state index contributed by atoms with van der Waals surface area (Å²) in [7, 11) is 1.60. The number of para-hydroxylation sites is 1. The second kappa shape index (κ2) is 8.12. The first kappa shape index (κ1) is 19.8. The van der Waals surface area contributed by atoms with E-state index in [0.717, 1.165) is 16.6 Å². The van der Waals surface area contributed by atoms with Gasteiger partial charge in [0.05, 0.1) is 18.5 Å². The van der Waals surface area contributed by atoms with Crippen molar-refractivity contribution in [1.82, 2.24) is 19.9 Å². The topological polar surface area (TPSA) is 92.8 Å². The molecule has 4 rings (SSSR count). The minimum Gasteiger partial charge on any atom is -0.494 e. The number of nitrogens with zero attached hydrogens (tertiary/aromatic N) is 3. The molecular formula is C22H20ClN5O2. The van der Waals surface area contributed by atoms with E-state index in [0.29, 0.717) is 39.9 Å². The molecule has 0 aliphatic carbocycles. The Morgan fingerprint density at radius 1 is 1.03 bits per heavy atom. The van der Waals surface area contributed by atoms with Crippen LogP contribution < -0.4 is 15.6 Å². The molecule has 0 amide bonds. The van der Waals surface area contributed by atoms with E-state index in [1.807, 2.05) is 43.3 Å². The van der Waals surface area contributed by atoms with E-state index in [9.17, 15) is 4.79 Å². The number of aryl methyl sites for hydroxylation is 2. The number of fused-ring (bicyclic) bond motifs is 1. The Kier molecular flexibility index (Phi) is 5.37. The van der Waals surface area contributed by atoms with E-state index in [1.165, 1.54) is 0 Å². The number of hydrogen-bond donors (Lipinski definition) is 2. The molecule has 4 aromatic rings.